The fourth-order valence-corrected chi connectivity index (χ4v) is 1.58. The monoisotopic (exact) mass is 221 g/mol. The predicted molar refractivity (Wildman–Crippen MR) is 64.8 cm³/mol. The Hall–Kier alpha value is -1.51. The zero-order valence-corrected chi connectivity index (χ0v) is 10.1. The molecule has 16 heavy (non-hydrogen) atoms. The van der Waals surface area contributed by atoms with Crippen LogP contribution in [0, 0.1) is 0 Å². The lowest BCUT2D eigenvalue weighted by Gasteiger charge is -2.13. The van der Waals surface area contributed by atoms with Gasteiger partial charge in [0.1, 0.15) is 5.75 Å². The molecule has 0 spiro atoms. The number of methoxy groups -OCH3 is 1. The number of hydrogen-bond donors (Lipinski definition) is 1. The number of ether oxygens (including phenoxy) is 1. The topological polar surface area (TPSA) is 38.3 Å². The predicted octanol–water partition coefficient (Wildman–Crippen LogP) is 2.61. The van der Waals surface area contributed by atoms with Crippen molar-refractivity contribution >= 4 is 5.91 Å². The van der Waals surface area contributed by atoms with E-state index in [1.807, 2.05) is 19.1 Å². The smallest absolute Gasteiger partial charge is 0.251 e. The lowest BCUT2D eigenvalue weighted by molar-refractivity contribution is 0.0938. The average Bonchev–Trinajstić information content (AvgIpc) is 2.29. The number of benzene rings is 1. The molecular weight excluding hydrogens is 202 g/mol. The summed E-state index contributed by atoms with van der Waals surface area (Å²) in [6, 6.07) is 7.39. The Bertz CT molecular complexity index is 350. The summed E-state index contributed by atoms with van der Waals surface area (Å²) in [4.78, 5) is 11.8. The average molecular weight is 221 g/mol. The minimum Gasteiger partial charge on any atom is -0.497 e. The lowest BCUT2D eigenvalue weighted by Crippen LogP contribution is -2.32. The molecule has 0 aliphatic carbocycles. The third-order valence-electron chi connectivity index (χ3n) is 2.43. The SMILES string of the molecule is CCC[C@@H](C)NC(=O)c1cccc(OC)c1. The van der Waals surface area contributed by atoms with Crippen molar-refractivity contribution in [3.8, 4) is 5.75 Å². The first kappa shape index (κ1) is 12.6. The van der Waals surface area contributed by atoms with Gasteiger partial charge in [0, 0.05) is 11.6 Å². The zero-order chi connectivity index (χ0) is 12.0. The Balaban J connectivity index is 2.65. The van der Waals surface area contributed by atoms with Crippen molar-refractivity contribution in [3.05, 3.63) is 29.8 Å². The molecule has 0 radical (unpaired) electrons. The Kier molecular flexibility index (Phi) is 4.83. The molecule has 0 aliphatic rings. The van der Waals surface area contributed by atoms with Crippen LogP contribution in [0.3, 0.4) is 0 Å². The van der Waals surface area contributed by atoms with E-state index in [9.17, 15) is 4.79 Å². The molecule has 0 heterocycles. The van der Waals surface area contributed by atoms with Gasteiger partial charge in [-0.1, -0.05) is 19.4 Å². The molecule has 3 nitrogen and oxygen atoms in total. The summed E-state index contributed by atoms with van der Waals surface area (Å²) in [6.07, 6.45) is 2.06. The highest BCUT2D eigenvalue weighted by atomic mass is 16.5. The molecular formula is C13H19NO2. The Morgan fingerprint density at radius 1 is 1.50 bits per heavy atom. The Morgan fingerprint density at radius 3 is 2.88 bits per heavy atom. The van der Waals surface area contributed by atoms with Crippen LogP contribution >= 0.6 is 0 Å². The summed E-state index contributed by atoms with van der Waals surface area (Å²) in [5.41, 5.74) is 0.641. The first-order chi connectivity index (χ1) is 7.67. The van der Waals surface area contributed by atoms with Crippen molar-refractivity contribution in [2.75, 3.05) is 7.11 Å². The van der Waals surface area contributed by atoms with Crippen molar-refractivity contribution < 1.29 is 9.53 Å². The van der Waals surface area contributed by atoms with Gasteiger partial charge in [0.25, 0.3) is 5.91 Å². The van der Waals surface area contributed by atoms with Crippen molar-refractivity contribution in [2.45, 2.75) is 32.7 Å². The van der Waals surface area contributed by atoms with Crippen LogP contribution in [0.25, 0.3) is 0 Å². The second-order valence-electron chi connectivity index (χ2n) is 3.90. The van der Waals surface area contributed by atoms with E-state index >= 15 is 0 Å². The third-order valence-corrected chi connectivity index (χ3v) is 2.43. The first-order valence-electron chi connectivity index (χ1n) is 5.62. The molecule has 3 heteroatoms. The van der Waals surface area contributed by atoms with Crippen LogP contribution in [0.15, 0.2) is 24.3 Å². The number of nitrogens with one attached hydrogen (secondary N) is 1. The van der Waals surface area contributed by atoms with E-state index in [1.54, 1.807) is 19.2 Å². The van der Waals surface area contributed by atoms with Gasteiger partial charge in [-0.15, -0.1) is 0 Å². The number of hydrogen-bond acceptors (Lipinski definition) is 2. The van der Waals surface area contributed by atoms with Crippen molar-refractivity contribution in [3.63, 3.8) is 0 Å². The Labute approximate surface area is 96.8 Å². The fourth-order valence-electron chi connectivity index (χ4n) is 1.58. The number of carbonyl (C=O) groups is 1. The standard InChI is InChI=1S/C13H19NO2/c1-4-6-10(2)14-13(15)11-7-5-8-12(9-11)16-3/h5,7-10H,4,6H2,1-3H3,(H,14,15)/t10-/m1/s1. The van der Waals surface area contributed by atoms with Crippen LogP contribution in [-0.4, -0.2) is 19.1 Å². The molecule has 88 valence electrons. The lowest BCUT2D eigenvalue weighted by atomic mass is 10.1. The summed E-state index contributed by atoms with van der Waals surface area (Å²) in [5, 5.41) is 2.95. The summed E-state index contributed by atoms with van der Waals surface area (Å²) in [7, 11) is 1.59. The maximum atomic E-state index is 11.8. The van der Waals surface area contributed by atoms with Gasteiger partial charge in [0.05, 0.1) is 7.11 Å². The maximum absolute atomic E-state index is 11.8. The molecule has 0 unspecified atom stereocenters. The Morgan fingerprint density at radius 2 is 2.25 bits per heavy atom. The van der Waals surface area contributed by atoms with Crippen LogP contribution in [0.5, 0.6) is 5.75 Å². The van der Waals surface area contributed by atoms with Crippen LogP contribution in [-0.2, 0) is 0 Å². The molecule has 0 saturated carbocycles. The summed E-state index contributed by atoms with van der Waals surface area (Å²) in [5.74, 6) is 0.663. The summed E-state index contributed by atoms with van der Waals surface area (Å²) >= 11 is 0. The second kappa shape index (κ2) is 6.16. The largest absolute Gasteiger partial charge is 0.497 e. The third kappa shape index (κ3) is 3.57. The minimum atomic E-state index is -0.0418. The fraction of sp³-hybridized carbons (Fsp3) is 0.462. The van der Waals surface area contributed by atoms with Gasteiger partial charge in [-0.2, -0.15) is 0 Å². The van der Waals surface area contributed by atoms with Crippen molar-refractivity contribution in [1.29, 1.82) is 0 Å². The van der Waals surface area contributed by atoms with Crippen LogP contribution in [0.2, 0.25) is 0 Å². The molecule has 0 fully saturated rings. The highest BCUT2D eigenvalue weighted by Gasteiger charge is 2.09. The molecule has 1 atom stereocenters. The van der Waals surface area contributed by atoms with Gasteiger partial charge in [0.15, 0.2) is 0 Å². The van der Waals surface area contributed by atoms with Crippen molar-refractivity contribution in [1.82, 2.24) is 5.32 Å². The highest BCUT2D eigenvalue weighted by Crippen LogP contribution is 2.12. The van der Waals surface area contributed by atoms with Crippen molar-refractivity contribution in [2.24, 2.45) is 0 Å². The van der Waals surface area contributed by atoms with Crippen LogP contribution in [0.1, 0.15) is 37.0 Å². The number of rotatable bonds is 5. The van der Waals surface area contributed by atoms with Gasteiger partial charge in [-0.25, -0.2) is 0 Å². The van der Waals surface area contributed by atoms with E-state index in [2.05, 4.69) is 12.2 Å². The van der Waals surface area contributed by atoms with Gasteiger partial charge >= 0.3 is 0 Å². The maximum Gasteiger partial charge on any atom is 0.251 e. The molecule has 1 rings (SSSR count). The molecule has 1 aromatic carbocycles. The quantitative estimate of drug-likeness (QED) is 0.830. The molecule has 1 aromatic rings. The molecule has 0 saturated heterocycles. The normalized spacial score (nSPS) is 11.9. The minimum absolute atomic E-state index is 0.0418. The molecule has 1 N–H and O–H groups in total. The van der Waals surface area contributed by atoms with E-state index in [0.717, 1.165) is 12.8 Å². The number of carbonyl (C=O) groups excluding carboxylic acids is 1. The van der Waals surface area contributed by atoms with E-state index in [-0.39, 0.29) is 11.9 Å². The van der Waals surface area contributed by atoms with E-state index in [0.29, 0.717) is 11.3 Å². The van der Waals surface area contributed by atoms with Crippen LogP contribution < -0.4 is 10.1 Å². The van der Waals surface area contributed by atoms with Gasteiger partial charge in [0.2, 0.25) is 0 Å². The molecule has 1 amide bonds. The molecule has 0 bridgehead atoms. The number of amides is 1. The molecule has 0 aromatic heterocycles. The zero-order valence-electron chi connectivity index (χ0n) is 10.1. The second-order valence-corrected chi connectivity index (χ2v) is 3.90. The summed E-state index contributed by atoms with van der Waals surface area (Å²) in [6.45, 7) is 4.12. The van der Waals surface area contributed by atoms with Gasteiger partial charge < -0.3 is 10.1 Å². The van der Waals surface area contributed by atoms with E-state index in [4.69, 9.17) is 4.74 Å². The van der Waals surface area contributed by atoms with E-state index < -0.39 is 0 Å². The first-order valence-corrected chi connectivity index (χ1v) is 5.62. The van der Waals surface area contributed by atoms with Gasteiger partial charge in [-0.3, -0.25) is 4.79 Å². The highest BCUT2D eigenvalue weighted by molar-refractivity contribution is 5.94. The van der Waals surface area contributed by atoms with E-state index in [1.165, 1.54) is 0 Å². The van der Waals surface area contributed by atoms with Crippen LogP contribution in [0.4, 0.5) is 0 Å². The molecule has 0 aliphatic heterocycles. The summed E-state index contributed by atoms with van der Waals surface area (Å²) < 4.78 is 5.08. The van der Waals surface area contributed by atoms with Gasteiger partial charge in [-0.05, 0) is 31.5 Å².